The Morgan fingerprint density at radius 1 is 1.44 bits per heavy atom. The minimum absolute atomic E-state index is 0.00919. The number of carbonyl (C=O) groups is 1. The molecule has 0 aliphatic heterocycles. The lowest BCUT2D eigenvalue weighted by Crippen LogP contribution is -2.29. The van der Waals surface area contributed by atoms with Crippen LogP contribution in [0.1, 0.15) is 13.3 Å². The Morgan fingerprint density at radius 2 is 2.00 bits per heavy atom. The third kappa shape index (κ3) is 3.53. The Bertz CT molecular complexity index is 431. The zero-order valence-corrected chi connectivity index (χ0v) is 10.5. The third-order valence-corrected chi connectivity index (χ3v) is 2.75. The third-order valence-electron chi connectivity index (χ3n) is 2.75. The van der Waals surface area contributed by atoms with Crippen LogP contribution in [0, 0.1) is 16.0 Å². The van der Waals surface area contributed by atoms with Gasteiger partial charge in [-0.25, -0.2) is 0 Å². The molecule has 2 N–H and O–H groups in total. The number of nitro groups is 1. The Kier molecular flexibility index (Phi) is 4.79. The minimum Gasteiger partial charge on any atom is -0.330 e. The lowest BCUT2D eigenvalue weighted by Gasteiger charge is -2.19. The zero-order chi connectivity index (χ0) is 13.7. The van der Waals surface area contributed by atoms with Crippen molar-refractivity contribution in [1.82, 2.24) is 0 Å². The van der Waals surface area contributed by atoms with Crippen LogP contribution in [0.25, 0.3) is 0 Å². The maximum absolute atomic E-state index is 11.9. The molecule has 0 spiro atoms. The van der Waals surface area contributed by atoms with Crippen LogP contribution in [-0.2, 0) is 4.79 Å². The first-order valence-electron chi connectivity index (χ1n) is 5.66. The molecular formula is C12H17N3O3. The van der Waals surface area contributed by atoms with Crippen molar-refractivity contribution >= 4 is 17.3 Å². The summed E-state index contributed by atoms with van der Waals surface area (Å²) in [5.41, 5.74) is 6.11. The number of non-ortho nitro benzene ring substituents is 1. The first-order chi connectivity index (χ1) is 8.45. The first-order valence-corrected chi connectivity index (χ1v) is 5.66. The summed E-state index contributed by atoms with van der Waals surface area (Å²) in [6, 6.07) is 5.88. The fourth-order valence-electron chi connectivity index (χ4n) is 1.46. The normalized spacial score (nSPS) is 11.9. The highest BCUT2D eigenvalue weighted by Gasteiger charge is 2.15. The molecule has 0 bridgehead atoms. The van der Waals surface area contributed by atoms with Gasteiger partial charge in [0.05, 0.1) is 4.92 Å². The smallest absolute Gasteiger partial charge is 0.269 e. The van der Waals surface area contributed by atoms with E-state index in [1.807, 2.05) is 6.92 Å². The summed E-state index contributed by atoms with van der Waals surface area (Å²) in [5, 5.41) is 10.5. The van der Waals surface area contributed by atoms with E-state index in [1.165, 1.54) is 17.0 Å². The molecule has 1 amide bonds. The van der Waals surface area contributed by atoms with Crippen LogP contribution < -0.4 is 10.6 Å². The Balaban J connectivity index is 2.74. The monoisotopic (exact) mass is 251 g/mol. The van der Waals surface area contributed by atoms with Crippen molar-refractivity contribution in [3.05, 3.63) is 34.4 Å². The Hall–Kier alpha value is -1.95. The van der Waals surface area contributed by atoms with Crippen molar-refractivity contribution < 1.29 is 9.72 Å². The predicted octanol–water partition coefficient (Wildman–Crippen LogP) is 1.54. The number of nitrogens with two attached hydrogens (primary N) is 1. The van der Waals surface area contributed by atoms with Crippen LogP contribution in [0.2, 0.25) is 0 Å². The van der Waals surface area contributed by atoms with Gasteiger partial charge in [0.2, 0.25) is 5.91 Å². The molecule has 0 aliphatic carbocycles. The van der Waals surface area contributed by atoms with Crippen LogP contribution in [-0.4, -0.2) is 24.4 Å². The molecule has 0 radical (unpaired) electrons. The number of nitrogens with zero attached hydrogens (tertiary/aromatic N) is 2. The van der Waals surface area contributed by atoms with Gasteiger partial charge in [0.15, 0.2) is 0 Å². The standard InChI is InChI=1S/C12H17N3O3/c1-9(8-13)7-12(16)14(2)10-3-5-11(6-4-10)15(17)18/h3-6,9H,7-8,13H2,1-2H3. The second-order valence-electron chi connectivity index (χ2n) is 4.27. The molecule has 0 heterocycles. The number of amides is 1. The number of rotatable bonds is 5. The van der Waals surface area contributed by atoms with Crippen molar-refractivity contribution in [2.45, 2.75) is 13.3 Å². The lowest BCUT2D eigenvalue weighted by atomic mass is 10.1. The molecule has 1 aromatic carbocycles. The van der Waals surface area contributed by atoms with E-state index in [9.17, 15) is 14.9 Å². The molecule has 0 fully saturated rings. The summed E-state index contributed by atoms with van der Waals surface area (Å²) in [6.45, 7) is 2.36. The average Bonchev–Trinajstić information content (AvgIpc) is 2.37. The van der Waals surface area contributed by atoms with Crippen molar-refractivity contribution in [3.8, 4) is 0 Å². The largest absolute Gasteiger partial charge is 0.330 e. The van der Waals surface area contributed by atoms with Crippen LogP contribution >= 0.6 is 0 Å². The van der Waals surface area contributed by atoms with Gasteiger partial charge in [-0.1, -0.05) is 6.92 Å². The summed E-state index contributed by atoms with van der Waals surface area (Å²) in [7, 11) is 1.65. The fourth-order valence-corrected chi connectivity index (χ4v) is 1.46. The van der Waals surface area contributed by atoms with E-state index in [1.54, 1.807) is 19.2 Å². The lowest BCUT2D eigenvalue weighted by molar-refractivity contribution is -0.384. The minimum atomic E-state index is -0.470. The maximum atomic E-state index is 11.9. The van der Waals surface area contributed by atoms with Gasteiger partial charge >= 0.3 is 0 Å². The van der Waals surface area contributed by atoms with E-state index in [4.69, 9.17) is 5.73 Å². The summed E-state index contributed by atoms with van der Waals surface area (Å²) < 4.78 is 0. The molecule has 6 nitrogen and oxygen atoms in total. The van der Waals surface area contributed by atoms with Gasteiger partial charge in [-0.15, -0.1) is 0 Å². The average molecular weight is 251 g/mol. The molecule has 1 unspecified atom stereocenters. The van der Waals surface area contributed by atoms with E-state index in [-0.39, 0.29) is 17.5 Å². The van der Waals surface area contributed by atoms with Crippen LogP contribution in [0.5, 0.6) is 0 Å². The van der Waals surface area contributed by atoms with E-state index in [2.05, 4.69) is 0 Å². The van der Waals surface area contributed by atoms with Gasteiger partial charge in [0, 0.05) is 31.3 Å². The van der Waals surface area contributed by atoms with Gasteiger partial charge in [0.1, 0.15) is 0 Å². The summed E-state index contributed by atoms with van der Waals surface area (Å²) in [4.78, 5) is 23.4. The molecule has 6 heteroatoms. The van der Waals surface area contributed by atoms with E-state index >= 15 is 0 Å². The van der Waals surface area contributed by atoms with Crippen molar-refractivity contribution in [2.75, 3.05) is 18.5 Å². The molecule has 98 valence electrons. The van der Waals surface area contributed by atoms with Gasteiger partial charge in [-0.3, -0.25) is 14.9 Å². The topological polar surface area (TPSA) is 89.5 Å². The molecule has 0 aliphatic rings. The van der Waals surface area contributed by atoms with Crippen molar-refractivity contribution in [3.63, 3.8) is 0 Å². The molecule has 0 aromatic heterocycles. The van der Waals surface area contributed by atoms with E-state index in [0.717, 1.165) is 0 Å². The molecule has 1 rings (SSSR count). The van der Waals surface area contributed by atoms with E-state index < -0.39 is 4.92 Å². The van der Waals surface area contributed by atoms with Crippen molar-refractivity contribution in [1.29, 1.82) is 0 Å². The first kappa shape index (κ1) is 14.1. The second-order valence-corrected chi connectivity index (χ2v) is 4.27. The van der Waals surface area contributed by atoms with Crippen molar-refractivity contribution in [2.24, 2.45) is 11.7 Å². The van der Waals surface area contributed by atoms with Crippen LogP contribution in [0.3, 0.4) is 0 Å². The number of hydrogen-bond acceptors (Lipinski definition) is 4. The number of anilines is 1. The number of benzene rings is 1. The predicted molar refractivity (Wildman–Crippen MR) is 69.3 cm³/mol. The summed E-state index contributed by atoms with van der Waals surface area (Å²) in [6.07, 6.45) is 0.365. The maximum Gasteiger partial charge on any atom is 0.269 e. The molecular weight excluding hydrogens is 234 g/mol. The van der Waals surface area contributed by atoms with Gasteiger partial charge in [-0.2, -0.15) is 0 Å². The second kappa shape index (κ2) is 6.11. The zero-order valence-electron chi connectivity index (χ0n) is 10.5. The highest BCUT2D eigenvalue weighted by atomic mass is 16.6. The molecule has 0 saturated carbocycles. The summed E-state index contributed by atoms with van der Waals surface area (Å²) in [5.74, 6) is 0.0693. The van der Waals surface area contributed by atoms with Gasteiger partial charge in [-0.05, 0) is 24.6 Å². The quantitative estimate of drug-likeness (QED) is 0.635. The number of carbonyl (C=O) groups excluding carboxylic acids is 1. The van der Waals surface area contributed by atoms with Gasteiger partial charge < -0.3 is 10.6 Å². The molecule has 1 aromatic rings. The Morgan fingerprint density at radius 3 is 2.44 bits per heavy atom. The summed E-state index contributed by atoms with van der Waals surface area (Å²) >= 11 is 0. The molecule has 0 saturated heterocycles. The highest BCUT2D eigenvalue weighted by molar-refractivity contribution is 5.93. The highest BCUT2D eigenvalue weighted by Crippen LogP contribution is 2.19. The molecule has 18 heavy (non-hydrogen) atoms. The Labute approximate surface area is 106 Å². The fraction of sp³-hybridized carbons (Fsp3) is 0.417. The van der Waals surface area contributed by atoms with Gasteiger partial charge in [0.25, 0.3) is 5.69 Å². The molecule has 1 atom stereocenters. The van der Waals surface area contributed by atoms with E-state index in [0.29, 0.717) is 18.7 Å². The SMILES string of the molecule is CC(CN)CC(=O)N(C)c1ccc([N+](=O)[O-])cc1. The number of nitro benzene ring substituents is 1. The van der Waals surface area contributed by atoms with Crippen LogP contribution in [0.15, 0.2) is 24.3 Å². The van der Waals surface area contributed by atoms with Crippen LogP contribution in [0.4, 0.5) is 11.4 Å². The number of hydrogen-bond donors (Lipinski definition) is 1.